The molecule has 0 saturated heterocycles. The number of carboxylic acids is 1. The van der Waals surface area contributed by atoms with Gasteiger partial charge in [0.15, 0.2) is 10.8 Å². The molecule has 4 rings (SSSR count). The van der Waals surface area contributed by atoms with Gasteiger partial charge in [0.1, 0.15) is 16.4 Å². The molecule has 2 aromatic heterocycles. The van der Waals surface area contributed by atoms with E-state index in [9.17, 15) is 14.7 Å². The zero-order valence-corrected chi connectivity index (χ0v) is 16.4. The number of nitrogens with zero attached hydrogens (tertiary/aromatic N) is 2. The molecule has 0 spiro atoms. The van der Waals surface area contributed by atoms with Gasteiger partial charge in [-0.25, -0.2) is 4.79 Å². The van der Waals surface area contributed by atoms with Crippen LogP contribution in [0.1, 0.15) is 38.1 Å². The first-order valence-electron chi connectivity index (χ1n) is 8.67. The van der Waals surface area contributed by atoms with Gasteiger partial charge in [0, 0.05) is 13.1 Å². The number of carboxylic acid groups (broad SMARTS) is 1. The molecule has 0 radical (unpaired) electrons. The van der Waals surface area contributed by atoms with E-state index in [0.29, 0.717) is 28.5 Å². The third-order valence-electron chi connectivity index (χ3n) is 4.83. The van der Waals surface area contributed by atoms with Crippen molar-refractivity contribution in [3.05, 3.63) is 46.0 Å². The highest BCUT2D eigenvalue weighted by atomic mass is 32.1. The van der Waals surface area contributed by atoms with Gasteiger partial charge < -0.3 is 14.6 Å². The normalized spacial score (nSPS) is 12.2. The topological polar surface area (TPSA) is 90.7 Å². The number of methoxy groups -OCH3 is 1. The molecule has 8 heteroatoms. The Morgan fingerprint density at radius 2 is 2.07 bits per heavy atom. The molecule has 0 atom stereocenters. The maximum atomic E-state index is 11.8. The van der Waals surface area contributed by atoms with Crippen LogP contribution in [0.15, 0.2) is 24.4 Å². The highest BCUT2D eigenvalue weighted by Crippen LogP contribution is 2.48. The molecule has 1 aliphatic carbocycles. The van der Waals surface area contributed by atoms with Gasteiger partial charge >= 0.3 is 5.97 Å². The first-order valence-corrected chi connectivity index (χ1v) is 9.49. The van der Waals surface area contributed by atoms with Crippen LogP contribution >= 0.6 is 11.3 Å². The Balaban J connectivity index is 1.83. The molecular formula is C20H18N2O5S. The smallest absolute Gasteiger partial charge is 0.346 e. The summed E-state index contributed by atoms with van der Waals surface area (Å²) in [5.74, 6) is -0.192. The van der Waals surface area contributed by atoms with Crippen LogP contribution in [0.25, 0.3) is 11.3 Å². The zero-order chi connectivity index (χ0) is 20.0. The summed E-state index contributed by atoms with van der Waals surface area (Å²) in [6.45, 7) is 1.47. The molecule has 7 nitrogen and oxygen atoms in total. The second kappa shape index (κ2) is 6.79. The number of ketones is 1. The highest BCUT2D eigenvalue weighted by Gasteiger charge is 2.31. The van der Waals surface area contributed by atoms with Crippen LogP contribution in [0, 0.1) is 0 Å². The molecule has 0 unspecified atom stereocenters. The molecule has 144 valence electrons. The molecule has 0 amide bonds. The summed E-state index contributed by atoms with van der Waals surface area (Å²) in [5, 5.41) is 14.5. The number of aryl methyl sites for hydroxylation is 2. The molecule has 2 heterocycles. The van der Waals surface area contributed by atoms with E-state index in [2.05, 4.69) is 5.10 Å². The molecule has 1 aromatic carbocycles. The number of carbonyl (C=O) groups excluding carboxylic acids is 1. The van der Waals surface area contributed by atoms with Crippen molar-refractivity contribution in [2.75, 3.05) is 7.11 Å². The third-order valence-corrected chi connectivity index (χ3v) is 5.93. The second-order valence-corrected chi connectivity index (χ2v) is 7.52. The SMILES string of the molecule is COc1cc(Oc2sc(C(=O)O)c3c2-c2c(cnn2C)CC3)ccc1C(C)=O. The van der Waals surface area contributed by atoms with Crippen molar-refractivity contribution < 1.29 is 24.2 Å². The molecule has 3 aromatic rings. The molecule has 0 saturated carbocycles. The minimum atomic E-state index is -0.966. The number of ether oxygens (including phenoxy) is 2. The van der Waals surface area contributed by atoms with Crippen LogP contribution in [-0.4, -0.2) is 33.7 Å². The van der Waals surface area contributed by atoms with E-state index in [0.717, 1.165) is 40.1 Å². The van der Waals surface area contributed by atoms with Gasteiger partial charge in [0.2, 0.25) is 0 Å². The van der Waals surface area contributed by atoms with Gasteiger partial charge in [-0.05, 0) is 43.0 Å². The number of benzene rings is 1. The Morgan fingerprint density at radius 3 is 2.75 bits per heavy atom. The van der Waals surface area contributed by atoms with E-state index in [1.165, 1.54) is 14.0 Å². The first kappa shape index (κ1) is 18.2. The Bertz CT molecular complexity index is 1110. The monoisotopic (exact) mass is 398 g/mol. The number of fused-ring (bicyclic) bond motifs is 3. The number of aromatic carboxylic acids is 1. The van der Waals surface area contributed by atoms with E-state index in [1.54, 1.807) is 22.9 Å². The van der Waals surface area contributed by atoms with Crippen LogP contribution in [0.5, 0.6) is 16.6 Å². The summed E-state index contributed by atoms with van der Waals surface area (Å²) >= 11 is 1.11. The number of hydrogen-bond acceptors (Lipinski definition) is 6. The number of Topliss-reactive ketones (excluding diaryl/α,β-unsaturated/α-hetero) is 1. The number of carbonyl (C=O) groups is 2. The molecule has 28 heavy (non-hydrogen) atoms. The van der Waals surface area contributed by atoms with Gasteiger partial charge in [0.05, 0.1) is 30.1 Å². The van der Waals surface area contributed by atoms with Gasteiger partial charge in [-0.15, -0.1) is 0 Å². The highest BCUT2D eigenvalue weighted by molar-refractivity contribution is 7.16. The number of rotatable bonds is 5. The summed E-state index contributed by atoms with van der Waals surface area (Å²) in [4.78, 5) is 23.8. The second-order valence-electron chi connectivity index (χ2n) is 6.54. The fourth-order valence-electron chi connectivity index (χ4n) is 3.55. The summed E-state index contributed by atoms with van der Waals surface area (Å²) in [7, 11) is 3.32. The summed E-state index contributed by atoms with van der Waals surface area (Å²) in [6.07, 6.45) is 3.18. The van der Waals surface area contributed by atoms with Crippen LogP contribution in [-0.2, 0) is 19.9 Å². The molecular weight excluding hydrogens is 380 g/mol. The van der Waals surface area contributed by atoms with Crippen LogP contribution in [0.4, 0.5) is 0 Å². The fraction of sp³-hybridized carbons (Fsp3) is 0.250. The van der Waals surface area contributed by atoms with E-state index in [1.807, 2.05) is 13.2 Å². The lowest BCUT2D eigenvalue weighted by atomic mass is 9.92. The minimum absolute atomic E-state index is 0.107. The Hall–Kier alpha value is -3.13. The predicted octanol–water partition coefficient (Wildman–Crippen LogP) is 3.95. The number of thiophene rings is 1. The lowest BCUT2D eigenvalue weighted by Gasteiger charge is -2.16. The van der Waals surface area contributed by atoms with Gasteiger partial charge in [0.25, 0.3) is 0 Å². The number of aromatic nitrogens is 2. The standard InChI is InChI=1S/C20H18N2O5S/c1-10(23)13-7-5-12(8-15(13)26-3)27-20-16-14(18(28-20)19(24)25)6-4-11-9-21-22(2)17(11)16/h5,7-9H,4,6H2,1-3H3,(H,24,25). The van der Waals surface area contributed by atoms with Crippen molar-refractivity contribution in [3.63, 3.8) is 0 Å². The van der Waals surface area contributed by atoms with Crippen molar-refractivity contribution >= 4 is 23.1 Å². The summed E-state index contributed by atoms with van der Waals surface area (Å²) < 4.78 is 13.1. The maximum absolute atomic E-state index is 11.8. The minimum Gasteiger partial charge on any atom is -0.496 e. The van der Waals surface area contributed by atoms with E-state index in [-0.39, 0.29) is 10.7 Å². The quantitative estimate of drug-likeness (QED) is 0.655. The first-order chi connectivity index (χ1) is 13.4. The lowest BCUT2D eigenvalue weighted by Crippen LogP contribution is -2.08. The average Bonchev–Trinajstić information content (AvgIpc) is 3.22. The van der Waals surface area contributed by atoms with Gasteiger partial charge in [-0.2, -0.15) is 5.10 Å². The predicted molar refractivity (Wildman–Crippen MR) is 104 cm³/mol. The Kier molecular flexibility index (Phi) is 4.43. The molecule has 0 bridgehead atoms. The van der Waals surface area contributed by atoms with Crippen LogP contribution in [0.3, 0.4) is 0 Å². The van der Waals surface area contributed by atoms with Crippen molar-refractivity contribution in [3.8, 4) is 27.8 Å². The largest absolute Gasteiger partial charge is 0.496 e. The Morgan fingerprint density at radius 1 is 1.29 bits per heavy atom. The third kappa shape index (κ3) is 2.86. The van der Waals surface area contributed by atoms with Crippen LogP contribution < -0.4 is 9.47 Å². The van der Waals surface area contributed by atoms with Crippen molar-refractivity contribution in [1.82, 2.24) is 9.78 Å². The summed E-state index contributed by atoms with van der Waals surface area (Å²) in [5.41, 5.74) is 3.96. The van der Waals surface area contributed by atoms with Gasteiger partial charge in [-0.3, -0.25) is 9.48 Å². The zero-order valence-electron chi connectivity index (χ0n) is 15.6. The van der Waals surface area contributed by atoms with Crippen molar-refractivity contribution in [1.29, 1.82) is 0 Å². The average molecular weight is 398 g/mol. The Labute approximate surface area is 165 Å². The molecule has 0 fully saturated rings. The number of hydrogen-bond donors (Lipinski definition) is 1. The van der Waals surface area contributed by atoms with Gasteiger partial charge in [-0.1, -0.05) is 11.3 Å². The van der Waals surface area contributed by atoms with E-state index < -0.39 is 5.97 Å². The maximum Gasteiger partial charge on any atom is 0.346 e. The van der Waals surface area contributed by atoms with Crippen LogP contribution in [0.2, 0.25) is 0 Å². The summed E-state index contributed by atoms with van der Waals surface area (Å²) in [6, 6.07) is 4.96. The van der Waals surface area contributed by atoms with Crippen molar-refractivity contribution in [2.24, 2.45) is 7.05 Å². The molecule has 1 N–H and O–H groups in total. The van der Waals surface area contributed by atoms with E-state index in [4.69, 9.17) is 9.47 Å². The lowest BCUT2D eigenvalue weighted by molar-refractivity contribution is 0.0700. The molecule has 1 aliphatic rings. The van der Waals surface area contributed by atoms with E-state index >= 15 is 0 Å². The van der Waals surface area contributed by atoms with Crippen molar-refractivity contribution in [2.45, 2.75) is 19.8 Å². The fourth-order valence-corrected chi connectivity index (χ4v) is 4.61. The molecule has 0 aliphatic heterocycles.